The molecule has 0 aliphatic carbocycles. The predicted molar refractivity (Wildman–Crippen MR) is 124 cm³/mol. The molecule has 3 rings (SSSR count). The molecule has 1 atom stereocenters. The third-order valence-corrected chi connectivity index (χ3v) is 5.52. The number of ether oxygens (including phenoxy) is 1. The van der Waals surface area contributed by atoms with Gasteiger partial charge in [-0.3, -0.25) is 9.59 Å². The lowest BCUT2D eigenvalue weighted by Crippen LogP contribution is -2.37. The fraction of sp³-hybridized carbons (Fsp3) is 0.440. The van der Waals surface area contributed by atoms with Crippen molar-refractivity contribution in [1.29, 1.82) is 0 Å². The first-order valence-electron chi connectivity index (χ1n) is 11.0. The maximum atomic E-state index is 13.8. The average molecular weight is 442 g/mol. The highest BCUT2D eigenvalue weighted by atomic mass is 19.1. The van der Waals surface area contributed by atoms with E-state index in [0.717, 1.165) is 24.1 Å². The monoisotopic (exact) mass is 441 g/mol. The summed E-state index contributed by atoms with van der Waals surface area (Å²) in [5.41, 5.74) is 2.81. The number of nitrogens with zero attached hydrogens (tertiary/aromatic N) is 2. The first kappa shape index (κ1) is 23.7. The summed E-state index contributed by atoms with van der Waals surface area (Å²) in [6.07, 6.45) is 1.81. The molecule has 2 aromatic carbocycles. The molecule has 172 valence electrons. The average Bonchev–Trinajstić information content (AvgIpc) is 3.25. The zero-order valence-electron chi connectivity index (χ0n) is 19.2. The van der Waals surface area contributed by atoms with Gasteiger partial charge in [-0.25, -0.2) is 4.39 Å². The topological polar surface area (TPSA) is 61.9 Å². The highest BCUT2D eigenvalue weighted by Crippen LogP contribution is 2.26. The van der Waals surface area contributed by atoms with Gasteiger partial charge in [0, 0.05) is 56.6 Å². The van der Waals surface area contributed by atoms with Gasteiger partial charge in [0.2, 0.25) is 5.91 Å². The smallest absolute Gasteiger partial charge is 0.254 e. The van der Waals surface area contributed by atoms with Crippen LogP contribution in [-0.4, -0.2) is 50.1 Å². The van der Waals surface area contributed by atoms with E-state index in [1.807, 2.05) is 51.0 Å². The van der Waals surface area contributed by atoms with Crippen molar-refractivity contribution in [1.82, 2.24) is 4.90 Å². The van der Waals surface area contributed by atoms with Crippen LogP contribution in [0.1, 0.15) is 42.6 Å². The van der Waals surface area contributed by atoms with E-state index in [1.54, 1.807) is 17.0 Å². The minimum absolute atomic E-state index is 0.0425. The number of hydrogen-bond acceptors (Lipinski definition) is 4. The second-order valence-corrected chi connectivity index (χ2v) is 8.71. The Morgan fingerprint density at radius 3 is 2.59 bits per heavy atom. The van der Waals surface area contributed by atoms with Crippen LogP contribution in [0.25, 0.3) is 0 Å². The number of halogens is 1. The third-order valence-electron chi connectivity index (χ3n) is 5.52. The minimum atomic E-state index is -0.444. The van der Waals surface area contributed by atoms with Gasteiger partial charge in [0.15, 0.2) is 0 Å². The molecule has 0 saturated carbocycles. The molecule has 2 amide bonds. The summed E-state index contributed by atoms with van der Waals surface area (Å²) in [5.74, 6) is -0.903. The minimum Gasteiger partial charge on any atom is -0.377 e. The number of amides is 2. The highest BCUT2D eigenvalue weighted by molar-refractivity contribution is 5.94. The SMILES string of the molecule is CC(C)C(=O)Nc1ccc(N(C)C)c(CN(CC2CCCO2)C(=O)c2cccc(F)c2)c1. The van der Waals surface area contributed by atoms with Gasteiger partial charge in [0.1, 0.15) is 5.82 Å². The van der Waals surface area contributed by atoms with Crippen LogP contribution in [0.15, 0.2) is 42.5 Å². The number of hydrogen-bond donors (Lipinski definition) is 1. The van der Waals surface area contributed by atoms with Crippen LogP contribution >= 0.6 is 0 Å². The van der Waals surface area contributed by atoms with E-state index >= 15 is 0 Å². The number of carbonyl (C=O) groups is 2. The van der Waals surface area contributed by atoms with Gasteiger partial charge in [0.25, 0.3) is 5.91 Å². The van der Waals surface area contributed by atoms with E-state index in [1.165, 1.54) is 12.1 Å². The third kappa shape index (κ3) is 6.07. The molecule has 1 unspecified atom stereocenters. The summed E-state index contributed by atoms with van der Waals surface area (Å²) in [4.78, 5) is 29.2. The molecular formula is C25H32FN3O3. The summed E-state index contributed by atoms with van der Waals surface area (Å²) in [7, 11) is 3.87. The van der Waals surface area contributed by atoms with Crippen LogP contribution in [0.4, 0.5) is 15.8 Å². The molecule has 0 spiro atoms. The van der Waals surface area contributed by atoms with E-state index < -0.39 is 5.82 Å². The summed E-state index contributed by atoms with van der Waals surface area (Å²) in [6.45, 7) is 5.10. The Morgan fingerprint density at radius 2 is 1.97 bits per heavy atom. The van der Waals surface area contributed by atoms with Crippen molar-refractivity contribution in [2.45, 2.75) is 39.3 Å². The van der Waals surface area contributed by atoms with Gasteiger partial charge in [0.05, 0.1) is 6.10 Å². The van der Waals surface area contributed by atoms with Crippen LogP contribution in [-0.2, 0) is 16.1 Å². The van der Waals surface area contributed by atoms with Crippen molar-refractivity contribution >= 4 is 23.2 Å². The summed E-state index contributed by atoms with van der Waals surface area (Å²) >= 11 is 0. The zero-order chi connectivity index (χ0) is 23.3. The second-order valence-electron chi connectivity index (χ2n) is 8.71. The fourth-order valence-electron chi connectivity index (χ4n) is 3.78. The van der Waals surface area contributed by atoms with Gasteiger partial charge in [-0.05, 0) is 54.8 Å². The number of nitrogens with one attached hydrogen (secondary N) is 1. The van der Waals surface area contributed by atoms with E-state index in [4.69, 9.17) is 4.74 Å². The van der Waals surface area contributed by atoms with Crippen LogP contribution < -0.4 is 10.2 Å². The largest absolute Gasteiger partial charge is 0.377 e. The van der Waals surface area contributed by atoms with Crippen LogP contribution in [0.5, 0.6) is 0 Å². The Kier molecular flexibility index (Phi) is 7.85. The lowest BCUT2D eigenvalue weighted by molar-refractivity contribution is -0.118. The molecule has 1 aliphatic heterocycles. The van der Waals surface area contributed by atoms with Crippen molar-refractivity contribution in [3.63, 3.8) is 0 Å². The Bertz CT molecular complexity index is 955. The fourth-order valence-corrected chi connectivity index (χ4v) is 3.78. The van der Waals surface area contributed by atoms with Gasteiger partial charge < -0.3 is 19.9 Å². The summed E-state index contributed by atoms with van der Waals surface area (Å²) in [6, 6.07) is 11.4. The predicted octanol–water partition coefficient (Wildman–Crippen LogP) is 4.31. The molecule has 7 heteroatoms. The molecule has 1 saturated heterocycles. The van der Waals surface area contributed by atoms with Gasteiger partial charge >= 0.3 is 0 Å². The van der Waals surface area contributed by atoms with Crippen LogP contribution in [0.2, 0.25) is 0 Å². The molecule has 1 aliphatic rings. The molecule has 6 nitrogen and oxygen atoms in total. The quantitative estimate of drug-likeness (QED) is 0.663. The van der Waals surface area contributed by atoms with E-state index in [-0.39, 0.29) is 23.8 Å². The van der Waals surface area contributed by atoms with Crippen molar-refractivity contribution < 1.29 is 18.7 Å². The highest BCUT2D eigenvalue weighted by Gasteiger charge is 2.25. The molecule has 1 fully saturated rings. The molecule has 32 heavy (non-hydrogen) atoms. The van der Waals surface area contributed by atoms with Crippen molar-refractivity contribution in [3.05, 3.63) is 59.4 Å². The first-order chi connectivity index (χ1) is 15.2. The normalized spacial score (nSPS) is 15.6. The van der Waals surface area contributed by atoms with E-state index in [0.29, 0.717) is 30.9 Å². The summed E-state index contributed by atoms with van der Waals surface area (Å²) < 4.78 is 19.6. The van der Waals surface area contributed by atoms with Crippen LogP contribution in [0, 0.1) is 11.7 Å². The van der Waals surface area contributed by atoms with Crippen molar-refractivity contribution in [3.8, 4) is 0 Å². The Morgan fingerprint density at radius 1 is 1.19 bits per heavy atom. The molecule has 0 aromatic heterocycles. The Labute approximate surface area is 189 Å². The molecule has 1 N–H and O–H groups in total. The maximum Gasteiger partial charge on any atom is 0.254 e. The molecule has 0 bridgehead atoms. The lowest BCUT2D eigenvalue weighted by atomic mass is 10.1. The van der Waals surface area contributed by atoms with E-state index in [9.17, 15) is 14.0 Å². The van der Waals surface area contributed by atoms with Crippen molar-refractivity contribution in [2.24, 2.45) is 5.92 Å². The van der Waals surface area contributed by atoms with Gasteiger partial charge in [-0.1, -0.05) is 19.9 Å². The maximum absolute atomic E-state index is 13.8. The number of carbonyl (C=O) groups excluding carboxylic acids is 2. The van der Waals surface area contributed by atoms with Crippen LogP contribution in [0.3, 0.4) is 0 Å². The molecule has 2 aromatic rings. The second kappa shape index (κ2) is 10.6. The summed E-state index contributed by atoms with van der Waals surface area (Å²) in [5, 5.41) is 2.93. The first-order valence-corrected chi connectivity index (χ1v) is 11.0. The Balaban J connectivity index is 1.92. The zero-order valence-corrected chi connectivity index (χ0v) is 19.2. The van der Waals surface area contributed by atoms with Gasteiger partial charge in [-0.2, -0.15) is 0 Å². The molecular weight excluding hydrogens is 409 g/mol. The lowest BCUT2D eigenvalue weighted by Gasteiger charge is -2.28. The van der Waals surface area contributed by atoms with E-state index in [2.05, 4.69) is 5.32 Å². The number of rotatable bonds is 8. The Hall–Kier alpha value is -2.93. The number of benzene rings is 2. The van der Waals surface area contributed by atoms with Crippen molar-refractivity contribution in [2.75, 3.05) is 37.5 Å². The molecule has 0 radical (unpaired) electrons. The standard InChI is InChI=1S/C25H32FN3O3/c1-17(2)24(30)27-21-10-11-23(28(3)4)19(14-21)15-29(16-22-9-6-12-32-22)25(31)18-7-5-8-20(26)13-18/h5,7-8,10-11,13-14,17,22H,6,9,12,15-16H2,1-4H3,(H,27,30). The van der Waals surface area contributed by atoms with Gasteiger partial charge in [-0.15, -0.1) is 0 Å². The molecule has 1 heterocycles. The number of anilines is 2.